The molecule has 2 aromatic rings. The molecule has 2 rings (SSSR count). The molecule has 0 radical (unpaired) electrons. The summed E-state index contributed by atoms with van der Waals surface area (Å²) in [6, 6.07) is 5.87. The van der Waals surface area contributed by atoms with Crippen LogP contribution in [0.5, 0.6) is 0 Å². The number of aromatic nitrogens is 2. The number of benzene rings is 1. The van der Waals surface area contributed by atoms with Gasteiger partial charge >= 0.3 is 0 Å². The van der Waals surface area contributed by atoms with Gasteiger partial charge in [0.15, 0.2) is 0 Å². The number of H-pyrrole nitrogens is 1. The van der Waals surface area contributed by atoms with E-state index in [0.717, 1.165) is 16.5 Å². The van der Waals surface area contributed by atoms with Crippen molar-refractivity contribution >= 4 is 41.9 Å². The molecule has 15 heavy (non-hydrogen) atoms. The lowest BCUT2D eigenvalue weighted by molar-refractivity contribution is 0.215. The van der Waals surface area contributed by atoms with Crippen molar-refractivity contribution in [1.82, 2.24) is 10.2 Å². The Morgan fingerprint density at radius 1 is 1.40 bits per heavy atom. The number of rotatable bonds is 2. The van der Waals surface area contributed by atoms with Crippen LogP contribution in [-0.4, -0.2) is 23.5 Å². The molecule has 0 unspecified atom stereocenters. The molecule has 0 saturated carbocycles. The first-order valence-electron chi connectivity index (χ1n) is 3.90. The summed E-state index contributed by atoms with van der Waals surface area (Å²) in [4.78, 5) is 4.61. The maximum Gasteiger partial charge on any atom is 0.106 e. The van der Waals surface area contributed by atoms with Crippen LogP contribution in [0.15, 0.2) is 29.6 Å². The highest BCUT2D eigenvalue weighted by atomic mass is 35.5. The van der Waals surface area contributed by atoms with Gasteiger partial charge in [-0.3, -0.25) is 5.10 Å². The summed E-state index contributed by atoms with van der Waals surface area (Å²) >= 11 is 0. The highest BCUT2D eigenvalue weighted by Crippen LogP contribution is 2.13. The summed E-state index contributed by atoms with van der Waals surface area (Å²) in [5, 5.41) is 11.6. The molecule has 1 N–H and O–H groups in total. The normalized spacial score (nSPS) is 9.67. The molecule has 4 nitrogen and oxygen atoms in total. The van der Waals surface area contributed by atoms with E-state index in [1.807, 2.05) is 18.2 Å². The van der Waals surface area contributed by atoms with Gasteiger partial charge in [0.1, 0.15) is 7.11 Å². The van der Waals surface area contributed by atoms with Gasteiger partial charge in [-0.1, -0.05) is 17.3 Å². The highest BCUT2D eigenvalue weighted by Gasteiger charge is 1.98. The third kappa shape index (κ3) is 2.84. The van der Waals surface area contributed by atoms with Gasteiger partial charge in [-0.15, -0.1) is 24.8 Å². The Bertz CT molecular complexity index is 442. The van der Waals surface area contributed by atoms with Crippen molar-refractivity contribution in [1.29, 1.82) is 0 Å². The summed E-state index contributed by atoms with van der Waals surface area (Å²) in [7, 11) is 1.52. The zero-order chi connectivity index (χ0) is 9.10. The van der Waals surface area contributed by atoms with Gasteiger partial charge in [-0.25, -0.2) is 0 Å². The van der Waals surface area contributed by atoms with Gasteiger partial charge in [-0.05, 0) is 6.07 Å². The van der Waals surface area contributed by atoms with Crippen molar-refractivity contribution in [3.8, 4) is 0 Å². The van der Waals surface area contributed by atoms with Crippen LogP contribution in [0, 0.1) is 0 Å². The maximum absolute atomic E-state index is 4.61. The monoisotopic (exact) mass is 247 g/mol. The van der Waals surface area contributed by atoms with Crippen LogP contribution in [0.3, 0.4) is 0 Å². The standard InChI is InChI=1S/C9H9N3O.2ClH/c1-13-11-5-7-3-2-4-9-8(7)6-10-12-9;;/h2-6H,1H3,(H,10,12);2*1H/b11-5-;;. The van der Waals surface area contributed by atoms with E-state index in [0.29, 0.717) is 0 Å². The molecule has 0 aliphatic rings. The van der Waals surface area contributed by atoms with E-state index in [1.54, 1.807) is 12.4 Å². The summed E-state index contributed by atoms with van der Waals surface area (Å²) in [5.41, 5.74) is 1.99. The van der Waals surface area contributed by atoms with Gasteiger partial charge in [0.05, 0.1) is 17.9 Å². The van der Waals surface area contributed by atoms with Crippen LogP contribution in [0.2, 0.25) is 0 Å². The number of hydrogen-bond donors (Lipinski definition) is 1. The Morgan fingerprint density at radius 2 is 2.20 bits per heavy atom. The molecule has 0 bridgehead atoms. The van der Waals surface area contributed by atoms with Crippen molar-refractivity contribution in [2.24, 2.45) is 5.16 Å². The second-order valence-corrected chi connectivity index (χ2v) is 2.60. The summed E-state index contributed by atoms with van der Waals surface area (Å²) < 4.78 is 0. The number of nitrogens with one attached hydrogen (secondary N) is 1. The van der Waals surface area contributed by atoms with Crippen LogP contribution in [0.1, 0.15) is 5.56 Å². The fraction of sp³-hybridized carbons (Fsp3) is 0.111. The summed E-state index contributed by atoms with van der Waals surface area (Å²) in [5.74, 6) is 0. The minimum atomic E-state index is 0. The minimum absolute atomic E-state index is 0. The molecule has 1 aromatic heterocycles. The molecule has 0 aliphatic carbocycles. The van der Waals surface area contributed by atoms with Crippen molar-refractivity contribution in [3.05, 3.63) is 30.0 Å². The summed E-state index contributed by atoms with van der Waals surface area (Å²) in [6.07, 6.45) is 3.43. The predicted molar refractivity (Wildman–Crippen MR) is 65.2 cm³/mol. The predicted octanol–water partition coefficient (Wildman–Crippen LogP) is 2.39. The third-order valence-corrected chi connectivity index (χ3v) is 1.82. The lowest BCUT2D eigenvalue weighted by atomic mass is 10.1. The molecule has 0 atom stereocenters. The fourth-order valence-corrected chi connectivity index (χ4v) is 1.21. The average Bonchev–Trinajstić information content (AvgIpc) is 2.62. The van der Waals surface area contributed by atoms with Gasteiger partial charge in [0.2, 0.25) is 0 Å². The van der Waals surface area contributed by atoms with Gasteiger partial charge in [0.25, 0.3) is 0 Å². The molecule has 0 spiro atoms. The van der Waals surface area contributed by atoms with Crippen molar-refractivity contribution in [2.75, 3.05) is 7.11 Å². The van der Waals surface area contributed by atoms with Crippen LogP contribution < -0.4 is 0 Å². The van der Waals surface area contributed by atoms with E-state index in [4.69, 9.17) is 0 Å². The van der Waals surface area contributed by atoms with E-state index in [-0.39, 0.29) is 24.8 Å². The zero-order valence-corrected chi connectivity index (χ0v) is 9.64. The van der Waals surface area contributed by atoms with Crippen molar-refractivity contribution in [2.45, 2.75) is 0 Å². The average molecular weight is 248 g/mol. The molecule has 0 fully saturated rings. The van der Waals surface area contributed by atoms with E-state index in [2.05, 4.69) is 20.2 Å². The van der Waals surface area contributed by atoms with Crippen molar-refractivity contribution in [3.63, 3.8) is 0 Å². The minimum Gasteiger partial charge on any atom is -0.399 e. The SMILES string of the molecule is CO/N=C\c1cccc2[nH]ncc12.Cl.Cl. The molecule has 1 heterocycles. The molecule has 6 heteroatoms. The van der Waals surface area contributed by atoms with E-state index < -0.39 is 0 Å². The molecule has 0 aliphatic heterocycles. The molecule has 82 valence electrons. The quantitative estimate of drug-likeness (QED) is 0.655. The number of fused-ring (bicyclic) bond motifs is 1. The lowest BCUT2D eigenvalue weighted by Crippen LogP contribution is -1.82. The second-order valence-electron chi connectivity index (χ2n) is 2.60. The Balaban J connectivity index is 0.000000980. The number of nitrogens with zero attached hydrogens (tertiary/aromatic N) is 2. The largest absolute Gasteiger partial charge is 0.399 e. The zero-order valence-electron chi connectivity index (χ0n) is 8.01. The van der Waals surface area contributed by atoms with Crippen LogP contribution in [0.4, 0.5) is 0 Å². The molecule has 1 aromatic carbocycles. The van der Waals surface area contributed by atoms with Crippen molar-refractivity contribution < 1.29 is 4.84 Å². The number of halogens is 2. The third-order valence-electron chi connectivity index (χ3n) is 1.82. The van der Waals surface area contributed by atoms with E-state index >= 15 is 0 Å². The van der Waals surface area contributed by atoms with Crippen LogP contribution in [-0.2, 0) is 4.84 Å². The van der Waals surface area contributed by atoms with E-state index in [9.17, 15) is 0 Å². The molecular formula is C9H11Cl2N3O. The molecular weight excluding hydrogens is 237 g/mol. The Kier molecular flexibility index (Phi) is 5.74. The smallest absolute Gasteiger partial charge is 0.106 e. The topological polar surface area (TPSA) is 50.3 Å². The fourth-order valence-electron chi connectivity index (χ4n) is 1.21. The first kappa shape index (κ1) is 13.7. The van der Waals surface area contributed by atoms with Gasteiger partial charge in [0, 0.05) is 10.9 Å². The summed E-state index contributed by atoms with van der Waals surface area (Å²) in [6.45, 7) is 0. The first-order valence-corrected chi connectivity index (χ1v) is 3.90. The Morgan fingerprint density at radius 3 is 2.93 bits per heavy atom. The Labute approximate surface area is 99.5 Å². The Hall–Kier alpha value is -1.26. The van der Waals surface area contributed by atoms with Crippen LogP contribution in [0.25, 0.3) is 10.9 Å². The number of hydrogen-bond acceptors (Lipinski definition) is 3. The lowest BCUT2D eigenvalue weighted by Gasteiger charge is -1.93. The van der Waals surface area contributed by atoms with Gasteiger partial charge in [-0.2, -0.15) is 5.10 Å². The number of aromatic amines is 1. The number of oxime groups is 1. The highest BCUT2D eigenvalue weighted by molar-refractivity contribution is 5.97. The maximum atomic E-state index is 4.61. The molecule has 0 amide bonds. The van der Waals surface area contributed by atoms with Crippen LogP contribution >= 0.6 is 24.8 Å². The second kappa shape index (κ2) is 6.27. The van der Waals surface area contributed by atoms with E-state index in [1.165, 1.54) is 7.11 Å². The molecule has 0 saturated heterocycles. The first-order chi connectivity index (χ1) is 6.42. The van der Waals surface area contributed by atoms with Gasteiger partial charge < -0.3 is 4.84 Å².